The summed E-state index contributed by atoms with van der Waals surface area (Å²) >= 11 is 1.95. The van der Waals surface area contributed by atoms with Gasteiger partial charge in [-0.15, -0.1) is 4.91 Å². The molecule has 0 aromatic heterocycles. The Bertz CT molecular complexity index is 801. The molecular formula is C20H20INO2. The average molecular weight is 433 g/mol. The van der Waals surface area contributed by atoms with Crippen LogP contribution in [0.2, 0.25) is 0 Å². The molecule has 2 aliphatic rings. The van der Waals surface area contributed by atoms with Crippen LogP contribution in [0.25, 0.3) is 11.1 Å². The zero-order chi connectivity index (χ0) is 16.5. The summed E-state index contributed by atoms with van der Waals surface area (Å²) in [4.78, 5) is 11.6. The maximum absolute atomic E-state index is 11.6. The van der Waals surface area contributed by atoms with Crippen LogP contribution in [0, 0.1) is 4.91 Å². The SMILES string of the molecule is O=Nc1ccc2c(c1-c1c(OI)ccc3c1CCCC3)CCCC2. The molecule has 0 spiro atoms. The number of rotatable bonds is 3. The fourth-order valence-corrected chi connectivity index (χ4v) is 4.68. The smallest absolute Gasteiger partial charge is 0.192 e. The Hall–Kier alpha value is -1.43. The third-order valence-corrected chi connectivity index (χ3v) is 5.91. The first-order chi connectivity index (χ1) is 11.8. The van der Waals surface area contributed by atoms with Crippen molar-refractivity contribution in [3.63, 3.8) is 0 Å². The third-order valence-electron chi connectivity index (χ3n) is 5.44. The summed E-state index contributed by atoms with van der Waals surface area (Å²) in [5, 5.41) is 3.37. The molecule has 2 aromatic carbocycles. The van der Waals surface area contributed by atoms with Gasteiger partial charge in [-0.25, -0.2) is 0 Å². The highest BCUT2D eigenvalue weighted by molar-refractivity contribution is 14.1. The lowest BCUT2D eigenvalue weighted by Crippen LogP contribution is -2.09. The van der Waals surface area contributed by atoms with Gasteiger partial charge in [-0.1, -0.05) is 12.1 Å². The molecular weight excluding hydrogens is 413 g/mol. The van der Waals surface area contributed by atoms with E-state index in [1.807, 2.05) is 29.1 Å². The number of fused-ring (bicyclic) bond motifs is 2. The van der Waals surface area contributed by atoms with E-state index in [1.165, 1.54) is 47.9 Å². The predicted molar refractivity (Wildman–Crippen MR) is 105 cm³/mol. The molecule has 4 heteroatoms. The first-order valence-electron chi connectivity index (χ1n) is 8.75. The molecule has 0 unspecified atom stereocenters. The molecule has 24 heavy (non-hydrogen) atoms. The summed E-state index contributed by atoms with van der Waals surface area (Å²) < 4.78 is 5.68. The molecule has 0 radical (unpaired) electrons. The first kappa shape index (κ1) is 16.1. The molecule has 4 rings (SSSR count). The maximum atomic E-state index is 11.6. The molecule has 2 aliphatic carbocycles. The number of aryl methyl sites for hydroxylation is 2. The second-order valence-electron chi connectivity index (χ2n) is 6.76. The van der Waals surface area contributed by atoms with Crippen molar-refractivity contribution in [2.45, 2.75) is 51.4 Å². The molecule has 0 heterocycles. The van der Waals surface area contributed by atoms with Gasteiger partial charge in [-0.3, -0.25) is 0 Å². The summed E-state index contributed by atoms with van der Waals surface area (Å²) in [5.41, 5.74) is 8.16. The Kier molecular flexibility index (Phi) is 4.57. The van der Waals surface area contributed by atoms with Crippen LogP contribution in [0.1, 0.15) is 47.9 Å². The van der Waals surface area contributed by atoms with Crippen LogP contribution in [0.4, 0.5) is 5.69 Å². The lowest BCUT2D eigenvalue weighted by atomic mass is 9.80. The van der Waals surface area contributed by atoms with Gasteiger partial charge in [0, 0.05) is 11.1 Å². The standard InChI is InChI=1S/C20H20INO2/c21-24-18-12-10-14-6-2-4-8-16(14)20(18)19-15-7-3-1-5-13(15)9-11-17(19)22-23/h9-12H,1-8H2. The Balaban J connectivity index is 2.04. The van der Waals surface area contributed by atoms with E-state index in [0.717, 1.165) is 42.6 Å². The van der Waals surface area contributed by atoms with E-state index >= 15 is 0 Å². The summed E-state index contributed by atoms with van der Waals surface area (Å²) in [5.74, 6) is 0.861. The number of nitrogens with zero attached hydrogens (tertiary/aromatic N) is 1. The van der Waals surface area contributed by atoms with Crippen LogP contribution >= 0.6 is 23.0 Å². The Morgan fingerprint density at radius 1 is 0.792 bits per heavy atom. The number of nitroso groups, excluding NO2 is 1. The molecule has 0 aliphatic heterocycles. The highest BCUT2D eigenvalue weighted by atomic mass is 127. The topological polar surface area (TPSA) is 38.7 Å². The second kappa shape index (κ2) is 6.82. The fourth-order valence-electron chi connectivity index (χ4n) is 4.32. The molecule has 0 amide bonds. The van der Waals surface area contributed by atoms with Crippen molar-refractivity contribution in [3.05, 3.63) is 51.4 Å². The van der Waals surface area contributed by atoms with Gasteiger partial charge in [0.25, 0.3) is 0 Å². The lowest BCUT2D eigenvalue weighted by Gasteiger charge is -2.26. The number of hydrogen-bond acceptors (Lipinski definition) is 3. The summed E-state index contributed by atoms with van der Waals surface area (Å²) in [6, 6.07) is 8.23. The van der Waals surface area contributed by atoms with Crippen molar-refractivity contribution in [2.24, 2.45) is 5.18 Å². The lowest BCUT2D eigenvalue weighted by molar-refractivity contribution is 0.669. The predicted octanol–water partition coefficient (Wildman–Crippen LogP) is 6.24. The van der Waals surface area contributed by atoms with Gasteiger partial charge in [0.1, 0.15) is 11.4 Å². The summed E-state index contributed by atoms with van der Waals surface area (Å²) in [6.45, 7) is 0. The Morgan fingerprint density at radius 2 is 1.38 bits per heavy atom. The van der Waals surface area contributed by atoms with Crippen LogP contribution in [0.3, 0.4) is 0 Å². The second-order valence-corrected chi connectivity index (χ2v) is 7.20. The molecule has 0 bridgehead atoms. The van der Waals surface area contributed by atoms with Gasteiger partial charge in [-0.05, 0) is 90.9 Å². The number of benzene rings is 2. The van der Waals surface area contributed by atoms with Crippen LogP contribution in [0.15, 0.2) is 29.4 Å². The van der Waals surface area contributed by atoms with Gasteiger partial charge >= 0.3 is 0 Å². The van der Waals surface area contributed by atoms with E-state index in [9.17, 15) is 4.91 Å². The Labute approximate surface area is 156 Å². The fraction of sp³-hybridized carbons (Fsp3) is 0.400. The minimum Gasteiger partial charge on any atom is -0.427 e. The van der Waals surface area contributed by atoms with Crippen molar-refractivity contribution in [1.29, 1.82) is 0 Å². The highest BCUT2D eigenvalue weighted by Gasteiger charge is 2.25. The zero-order valence-corrected chi connectivity index (χ0v) is 15.8. The molecule has 0 saturated carbocycles. The van der Waals surface area contributed by atoms with Crippen molar-refractivity contribution in [3.8, 4) is 16.9 Å². The van der Waals surface area contributed by atoms with Crippen LogP contribution in [-0.2, 0) is 25.7 Å². The van der Waals surface area contributed by atoms with Gasteiger partial charge in [0.2, 0.25) is 0 Å². The number of halogens is 1. The van der Waals surface area contributed by atoms with Crippen molar-refractivity contribution in [2.75, 3.05) is 0 Å². The van der Waals surface area contributed by atoms with Crippen LogP contribution in [0.5, 0.6) is 5.75 Å². The van der Waals surface area contributed by atoms with E-state index in [-0.39, 0.29) is 0 Å². The molecule has 3 nitrogen and oxygen atoms in total. The first-order valence-corrected chi connectivity index (χ1v) is 9.63. The van der Waals surface area contributed by atoms with Crippen LogP contribution in [-0.4, -0.2) is 0 Å². The van der Waals surface area contributed by atoms with Crippen LogP contribution < -0.4 is 3.07 Å². The van der Waals surface area contributed by atoms with Crippen molar-refractivity contribution in [1.82, 2.24) is 0 Å². The Morgan fingerprint density at radius 3 is 2.00 bits per heavy atom. The maximum Gasteiger partial charge on any atom is 0.192 e. The summed E-state index contributed by atoms with van der Waals surface area (Å²) in [7, 11) is 0. The van der Waals surface area contributed by atoms with Gasteiger partial charge < -0.3 is 3.07 Å². The van der Waals surface area contributed by atoms with Crippen molar-refractivity contribution < 1.29 is 3.07 Å². The van der Waals surface area contributed by atoms with E-state index < -0.39 is 0 Å². The molecule has 0 saturated heterocycles. The molecule has 0 atom stereocenters. The van der Waals surface area contributed by atoms with E-state index in [4.69, 9.17) is 3.07 Å². The number of hydrogen-bond donors (Lipinski definition) is 0. The largest absolute Gasteiger partial charge is 0.427 e. The monoisotopic (exact) mass is 433 g/mol. The molecule has 124 valence electrons. The quantitative estimate of drug-likeness (QED) is 0.425. The zero-order valence-electron chi connectivity index (χ0n) is 13.6. The van der Waals surface area contributed by atoms with Gasteiger partial charge in [-0.2, -0.15) is 0 Å². The van der Waals surface area contributed by atoms with Gasteiger partial charge in [0.05, 0.1) is 0 Å². The van der Waals surface area contributed by atoms with Gasteiger partial charge in [0.15, 0.2) is 23.0 Å². The molecule has 2 aromatic rings. The normalized spacial score (nSPS) is 16.2. The molecule has 0 N–H and O–H groups in total. The average Bonchev–Trinajstić information content (AvgIpc) is 2.66. The summed E-state index contributed by atoms with van der Waals surface area (Å²) in [6.07, 6.45) is 9.13. The van der Waals surface area contributed by atoms with E-state index in [2.05, 4.69) is 23.4 Å². The third kappa shape index (κ3) is 2.65. The van der Waals surface area contributed by atoms with Crippen molar-refractivity contribution >= 4 is 28.7 Å². The van der Waals surface area contributed by atoms with E-state index in [0.29, 0.717) is 5.69 Å². The molecule has 0 fully saturated rings. The highest BCUT2D eigenvalue weighted by Crippen LogP contribution is 2.47. The minimum atomic E-state index is 0.560. The van der Waals surface area contributed by atoms with E-state index in [1.54, 1.807) is 0 Å². The minimum absolute atomic E-state index is 0.560.